The van der Waals surface area contributed by atoms with Crippen molar-refractivity contribution in [2.75, 3.05) is 33.3 Å². The predicted octanol–water partition coefficient (Wildman–Crippen LogP) is 5.06. The van der Waals surface area contributed by atoms with Gasteiger partial charge in [-0.1, -0.05) is 23.2 Å². The van der Waals surface area contributed by atoms with Crippen LogP contribution in [0.4, 0.5) is 0 Å². The number of likely N-dealkylation sites (tertiary alicyclic amines) is 1. The average molecular weight is 624 g/mol. The van der Waals surface area contributed by atoms with Crippen LogP contribution in [-0.4, -0.2) is 78.1 Å². The molecule has 0 radical (unpaired) electrons. The number of piperidine rings is 1. The molecule has 2 heterocycles. The first kappa shape index (κ1) is 32.2. The maximum atomic E-state index is 12.7. The highest BCUT2D eigenvalue weighted by atomic mass is 35.5. The molecule has 230 valence electrons. The maximum Gasteiger partial charge on any atom is 0.350 e. The van der Waals surface area contributed by atoms with Crippen molar-refractivity contribution < 1.29 is 33.6 Å². The number of ether oxygens (including phenoxy) is 4. The van der Waals surface area contributed by atoms with Crippen molar-refractivity contribution in [3.63, 3.8) is 0 Å². The second kappa shape index (κ2) is 12.5. The van der Waals surface area contributed by atoms with Gasteiger partial charge in [0.25, 0.3) is 5.91 Å². The summed E-state index contributed by atoms with van der Waals surface area (Å²) in [5, 5.41) is 14.2. The smallest absolute Gasteiger partial charge is 0.350 e. The molecule has 0 aliphatic carbocycles. The van der Waals surface area contributed by atoms with Gasteiger partial charge in [-0.25, -0.2) is 4.79 Å². The van der Waals surface area contributed by atoms with Crippen LogP contribution in [0.5, 0.6) is 17.2 Å². The highest BCUT2D eigenvalue weighted by Crippen LogP contribution is 2.42. The van der Waals surface area contributed by atoms with Crippen molar-refractivity contribution in [3.05, 3.63) is 51.5 Å². The van der Waals surface area contributed by atoms with Crippen LogP contribution in [0.25, 0.3) is 0 Å². The molecule has 11 heteroatoms. The molecule has 0 unspecified atom stereocenters. The quantitative estimate of drug-likeness (QED) is 0.374. The lowest BCUT2D eigenvalue weighted by Crippen LogP contribution is -2.49. The molecule has 2 aromatic carbocycles. The van der Waals surface area contributed by atoms with E-state index < -0.39 is 29.2 Å². The number of esters is 1. The Kier molecular flexibility index (Phi) is 9.57. The van der Waals surface area contributed by atoms with Gasteiger partial charge in [-0.2, -0.15) is 0 Å². The van der Waals surface area contributed by atoms with E-state index in [2.05, 4.69) is 10.2 Å². The van der Waals surface area contributed by atoms with E-state index in [1.54, 1.807) is 34.6 Å². The maximum absolute atomic E-state index is 12.7. The number of fused-ring (bicyclic) bond motifs is 1. The van der Waals surface area contributed by atoms with Crippen molar-refractivity contribution in [2.45, 2.75) is 76.8 Å². The molecule has 1 fully saturated rings. The van der Waals surface area contributed by atoms with Crippen LogP contribution in [0.3, 0.4) is 0 Å². The molecule has 1 amide bonds. The molecule has 4 rings (SSSR count). The predicted molar refractivity (Wildman–Crippen MR) is 161 cm³/mol. The average Bonchev–Trinajstić information content (AvgIpc) is 3.25. The Morgan fingerprint density at radius 3 is 2.43 bits per heavy atom. The summed E-state index contributed by atoms with van der Waals surface area (Å²) in [5.74, 6) is 0.220. The summed E-state index contributed by atoms with van der Waals surface area (Å²) in [6, 6.07) is 8.62. The fourth-order valence-electron chi connectivity index (χ4n) is 5.12. The number of benzene rings is 2. The normalized spacial score (nSPS) is 17.3. The molecule has 1 atom stereocenters. The first-order valence-corrected chi connectivity index (χ1v) is 14.8. The number of halogens is 2. The molecule has 2 aromatic rings. The van der Waals surface area contributed by atoms with Crippen LogP contribution in [0.1, 0.15) is 63.4 Å². The van der Waals surface area contributed by atoms with Crippen LogP contribution in [0.2, 0.25) is 10.0 Å². The highest BCUT2D eigenvalue weighted by Gasteiger charge is 2.42. The van der Waals surface area contributed by atoms with Crippen LogP contribution >= 0.6 is 23.2 Å². The number of nitrogens with zero attached hydrogens (tertiary/aromatic N) is 1. The van der Waals surface area contributed by atoms with E-state index >= 15 is 0 Å². The standard InChI is InChI=1S/C31H40Cl2N2O7/c1-29(2,3)42-28(38)30(4,5)40-26-15-25(22(14-23(26)33)27(37)34-6)39-18-21(36)17-35-11-9-31(10-12-35)16-19-13-20(32)7-8-24(19)41-31/h7-8,13-15,21,36H,9-12,16-18H2,1-6H3,(H,34,37)/t21-/m1/s1. The first-order chi connectivity index (χ1) is 19.6. The molecule has 2 N–H and O–H groups in total. The Hall–Kier alpha value is -2.72. The number of aliphatic hydroxyl groups is 1. The van der Waals surface area contributed by atoms with E-state index in [4.69, 9.17) is 42.1 Å². The minimum atomic E-state index is -1.37. The lowest BCUT2D eigenvalue weighted by Gasteiger charge is -2.39. The lowest BCUT2D eigenvalue weighted by molar-refractivity contribution is -0.170. The van der Waals surface area contributed by atoms with Gasteiger partial charge in [0.15, 0.2) is 5.60 Å². The van der Waals surface area contributed by atoms with Crippen LogP contribution in [0.15, 0.2) is 30.3 Å². The number of carbonyl (C=O) groups is 2. The molecule has 1 saturated heterocycles. The molecular weight excluding hydrogens is 583 g/mol. The molecule has 0 saturated carbocycles. The Balaban J connectivity index is 1.37. The van der Waals surface area contributed by atoms with Crippen LogP contribution in [-0.2, 0) is 16.0 Å². The lowest BCUT2D eigenvalue weighted by atomic mass is 9.87. The van der Waals surface area contributed by atoms with E-state index in [1.807, 2.05) is 18.2 Å². The second-order valence-electron chi connectivity index (χ2n) is 12.5. The zero-order valence-electron chi connectivity index (χ0n) is 25.0. The van der Waals surface area contributed by atoms with E-state index in [9.17, 15) is 14.7 Å². The van der Waals surface area contributed by atoms with Crippen LogP contribution in [0, 0.1) is 0 Å². The Morgan fingerprint density at radius 1 is 1.10 bits per heavy atom. The molecule has 0 aromatic heterocycles. The van der Waals surface area contributed by atoms with Crippen LogP contribution < -0.4 is 19.5 Å². The summed E-state index contributed by atoms with van der Waals surface area (Å²) in [6.07, 6.45) is 1.67. The van der Waals surface area contributed by atoms with Gasteiger partial charge in [0.2, 0.25) is 0 Å². The summed E-state index contributed by atoms with van der Waals surface area (Å²) in [6.45, 7) is 10.3. The number of amides is 1. The summed E-state index contributed by atoms with van der Waals surface area (Å²) >= 11 is 12.6. The summed E-state index contributed by atoms with van der Waals surface area (Å²) in [4.78, 5) is 27.5. The number of carbonyl (C=O) groups excluding carboxylic acids is 2. The van der Waals surface area contributed by atoms with Crippen molar-refractivity contribution in [1.82, 2.24) is 10.2 Å². The Bertz CT molecular complexity index is 1320. The van der Waals surface area contributed by atoms with E-state index in [1.165, 1.54) is 19.2 Å². The van der Waals surface area contributed by atoms with Crippen molar-refractivity contribution in [2.24, 2.45) is 0 Å². The number of β-amino-alcohol motifs (C(OH)–C–C–N with tert-alkyl or cyclic N) is 1. The van der Waals surface area contributed by atoms with Gasteiger partial charge in [0.05, 0.1) is 10.6 Å². The van der Waals surface area contributed by atoms with Gasteiger partial charge in [-0.15, -0.1) is 0 Å². The number of nitrogens with one attached hydrogen (secondary N) is 1. The van der Waals surface area contributed by atoms with Gasteiger partial charge < -0.3 is 34.3 Å². The molecule has 42 heavy (non-hydrogen) atoms. The van der Waals surface area contributed by atoms with Gasteiger partial charge in [0.1, 0.15) is 41.2 Å². The minimum absolute atomic E-state index is 0.0669. The fourth-order valence-corrected chi connectivity index (χ4v) is 5.52. The molecule has 0 bridgehead atoms. The number of hydrogen-bond acceptors (Lipinski definition) is 8. The third kappa shape index (κ3) is 7.81. The second-order valence-corrected chi connectivity index (χ2v) is 13.3. The topological polar surface area (TPSA) is 107 Å². The summed E-state index contributed by atoms with van der Waals surface area (Å²) in [5.41, 5.74) is -0.995. The van der Waals surface area contributed by atoms with Gasteiger partial charge in [-0.05, 0) is 64.4 Å². The molecule has 2 aliphatic rings. The summed E-state index contributed by atoms with van der Waals surface area (Å²) in [7, 11) is 1.50. The molecule has 1 spiro atoms. The number of rotatable bonds is 9. The highest BCUT2D eigenvalue weighted by molar-refractivity contribution is 6.32. The Labute approximate surface area is 257 Å². The van der Waals surface area contributed by atoms with Gasteiger partial charge >= 0.3 is 5.97 Å². The van der Waals surface area contributed by atoms with Crippen molar-refractivity contribution in [1.29, 1.82) is 0 Å². The Morgan fingerprint density at radius 2 is 1.79 bits per heavy atom. The van der Waals surface area contributed by atoms with E-state index in [0.717, 1.165) is 43.7 Å². The minimum Gasteiger partial charge on any atom is -0.490 e. The molecular formula is C31H40Cl2N2O7. The van der Waals surface area contributed by atoms with E-state index in [-0.39, 0.29) is 34.3 Å². The van der Waals surface area contributed by atoms with Gasteiger partial charge in [0, 0.05) is 57.0 Å². The monoisotopic (exact) mass is 622 g/mol. The number of hydrogen-bond donors (Lipinski definition) is 2. The fraction of sp³-hybridized carbons (Fsp3) is 0.548. The third-order valence-electron chi connectivity index (χ3n) is 7.29. The third-order valence-corrected chi connectivity index (χ3v) is 7.82. The van der Waals surface area contributed by atoms with Gasteiger partial charge in [-0.3, -0.25) is 4.79 Å². The van der Waals surface area contributed by atoms with Crippen molar-refractivity contribution in [3.8, 4) is 17.2 Å². The zero-order chi connectivity index (χ0) is 30.9. The summed E-state index contributed by atoms with van der Waals surface area (Å²) < 4.78 is 23.7. The number of aliphatic hydroxyl groups excluding tert-OH is 1. The zero-order valence-corrected chi connectivity index (χ0v) is 26.5. The SMILES string of the molecule is CNC(=O)c1cc(Cl)c(OC(C)(C)C(=O)OC(C)(C)C)cc1OC[C@H](O)CN1CCC2(CC1)Cc1cc(Cl)ccc1O2. The molecule has 9 nitrogen and oxygen atoms in total. The largest absolute Gasteiger partial charge is 0.490 e. The molecule has 2 aliphatic heterocycles. The van der Waals surface area contributed by atoms with Crippen molar-refractivity contribution >= 4 is 35.1 Å². The first-order valence-electron chi connectivity index (χ1n) is 14.1. The van der Waals surface area contributed by atoms with E-state index in [0.29, 0.717) is 11.6 Å².